The summed E-state index contributed by atoms with van der Waals surface area (Å²) < 4.78 is 23.8. The van der Waals surface area contributed by atoms with Gasteiger partial charge in [0, 0.05) is 17.0 Å². The summed E-state index contributed by atoms with van der Waals surface area (Å²) in [6, 6.07) is 14.0. The number of hydrogen-bond donors (Lipinski definition) is 2. The Bertz CT molecular complexity index is 1990. The minimum Gasteiger partial charge on any atom is -0.488 e. The number of likely N-dealkylation sites (tertiary alicyclic amines) is 1. The first-order valence-corrected chi connectivity index (χ1v) is 16.9. The summed E-state index contributed by atoms with van der Waals surface area (Å²) in [5, 5.41) is 4.82. The lowest BCUT2D eigenvalue weighted by molar-refractivity contribution is -0.136. The molecule has 0 spiro atoms. The minimum absolute atomic E-state index is 0.0384. The number of carbonyl (C=O) groups excluding carboxylic acids is 2. The van der Waals surface area contributed by atoms with Gasteiger partial charge in [-0.2, -0.15) is 0 Å². The molecule has 4 atom stereocenters. The lowest BCUT2D eigenvalue weighted by Gasteiger charge is -2.32. The third kappa shape index (κ3) is 4.72. The highest BCUT2D eigenvalue weighted by atomic mass is 16.7. The maximum atomic E-state index is 14.0. The molecule has 3 aliphatic heterocycles. The lowest BCUT2D eigenvalue weighted by atomic mass is 9.77. The molecule has 1 saturated carbocycles. The summed E-state index contributed by atoms with van der Waals surface area (Å²) in [5.41, 5.74) is 5.23. The van der Waals surface area contributed by atoms with E-state index >= 15 is 0 Å². The molecule has 11 heteroatoms. The number of H-pyrrole nitrogens is 1. The van der Waals surface area contributed by atoms with Crippen molar-refractivity contribution in [3.05, 3.63) is 53.9 Å². The molecular formula is C37H43BN4O6. The van der Waals surface area contributed by atoms with Crippen LogP contribution in [0.4, 0.5) is 4.79 Å². The largest absolute Gasteiger partial charge is 0.494 e. The molecule has 0 bridgehead atoms. The number of rotatable bonds is 5. The number of carbonyl (C=O) groups is 2. The van der Waals surface area contributed by atoms with Gasteiger partial charge in [0.25, 0.3) is 0 Å². The molecule has 3 aromatic carbocycles. The number of nitrogens with one attached hydrogen (secondary N) is 2. The Morgan fingerprint density at radius 3 is 2.48 bits per heavy atom. The van der Waals surface area contributed by atoms with Crippen LogP contribution in [0.5, 0.6) is 5.75 Å². The fourth-order valence-electron chi connectivity index (χ4n) is 7.80. The van der Waals surface area contributed by atoms with Crippen molar-refractivity contribution in [1.29, 1.82) is 0 Å². The lowest BCUT2D eigenvalue weighted by Crippen LogP contribution is -2.52. The summed E-state index contributed by atoms with van der Waals surface area (Å²) >= 11 is 0. The van der Waals surface area contributed by atoms with Gasteiger partial charge >= 0.3 is 13.2 Å². The van der Waals surface area contributed by atoms with Crippen LogP contribution in [0.2, 0.25) is 0 Å². The van der Waals surface area contributed by atoms with Crippen molar-refractivity contribution in [2.24, 2.45) is 11.3 Å². The minimum atomic E-state index is -0.687. The number of methoxy groups -OCH3 is 1. The number of ether oxygens (including phenoxy) is 2. The molecule has 2 N–H and O–H groups in total. The normalized spacial score (nSPS) is 25.4. The second-order valence-electron chi connectivity index (χ2n) is 15.6. The van der Waals surface area contributed by atoms with Crippen molar-refractivity contribution in [2.45, 2.75) is 97.2 Å². The molecule has 8 rings (SSSR count). The number of amides is 2. The van der Waals surface area contributed by atoms with Crippen molar-refractivity contribution in [3.63, 3.8) is 0 Å². The Labute approximate surface area is 281 Å². The van der Waals surface area contributed by atoms with Gasteiger partial charge in [0.2, 0.25) is 5.91 Å². The van der Waals surface area contributed by atoms with Crippen molar-refractivity contribution in [2.75, 3.05) is 7.11 Å². The topological polar surface area (TPSA) is 115 Å². The van der Waals surface area contributed by atoms with Gasteiger partial charge in [-0.05, 0) is 92.0 Å². The standard InChI is InChI=1S/C37H43BN4O6/c1-19(2)30(41-34(44)45-8)33(43)42-27(16-37(7)17-29(37)42)32-39-26-12-9-20-14-25-23-11-10-22(38-47-35(3,4)36(5,6)48-38)13-21(23)18-46-28(25)15-24(20)31(26)40-32/h9-15,19,27,29-30H,16-18H2,1-8H3,(H,39,40)(H,41,44)/t27-,29+,30-,37?/m0/s1. The quantitative estimate of drug-likeness (QED) is 0.255. The Morgan fingerprint density at radius 2 is 1.77 bits per heavy atom. The molecule has 10 nitrogen and oxygen atoms in total. The molecule has 48 heavy (non-hydrogen) atoms. The summed E-state index contributed by atoms with van der Waals surface area (Å²) in [6.45, 7) is 14.8. The number of imidazole rings is 1. The average molecular weight is 651 g/mol. The Hall–Kier alpha value is -4.09. The first-order valence-electron chi connectivity index (χ1n) is 16.9. The average Bonchev–Trinajstić information content (AvgIpc) is 3.30. The van der Waals surface area contributed by atoms with Crippen molar-refractivity contribution >= 4 is 46.4 Å². The van der Waals surface area contributed by atoms with Crippen molar-refractivity contribution in [1.82, 2.24) is 20.2 Å². The van der Waals surface area contributed by atoms with Gasteiger partial charge in [-0.3, -0.25) is 4.79 Å². The van der Waals surface area contributed by atoms with Crippen LogP contribution in [-0.2, 0) is 25.4 Å². The SMILES string of the molecule is COC(=O)N[C@H](C(=O)N1[C@H](c2nc3c(ccc4cc5c(cc43)OCc3cc(B4OC(C)(C)C(C)(C)O4)ccc3-5)[nH]2)CC2(C)C[C@@H]12)C(C)C. The number of fused-ring (bicyclic) bond motifs is 7. The summed E-state index contributed by atoms with van der Waals surface area (Å²) in [6.07, 6.45) is 1.16. The number of alkyl carbamates (subject to hydrolysis) is 1. The first-order chi connectivity index (χ1) is 22.7. The highest BCUT2D eigenvalue weighted by molar-refractivity contribution is 6.62. The van der Waals surface area contributed by atoms with Crippen LogP contribution >= 0.6 is 0 Å². The van der Waals surface area contributed by atoms with Gasteiger partial charge in [0.05, 0.1) is 35.4 Å². The number of nitrogens with zero attached hydrogens (tertiary/aromatic N) is 2. The molecule has 1 aliphatic carbocycles. The molecule has 2 saturated heterocycles. The summed E-state index contributed by atoms with van der Waals surface area (Å²) in [7, 11) is 0.882. The van der Waals surface area contributed by atoms with E-state index in [0.29, 0.717) is 6.61 Å². The van der Waals surface area contributed by atoms with Gasteiger partial charge in [0.1, 0.15) is 24.2 Å². The van der Waals surface area contributed by atoms with Crippen LogP contribution < -0.4 is 15.5 Å². The Morgan fingerprint density at radius 1 is 1.02 bits per heavy atom. The molecule has 3 fully saturated rings. The van der Waals surface area contributed by atoms with E-state index in [2.05, 4.69) is 87.4 Å². The smallest absolute Gasteiger partial charge is 0.488 e. The molecule has 1 unspecified atom stereocenters. The van der Waals surface area contributed by atoms with Gasteiger partial charge in [-0.25, -0.2) is 9.78 Å². The number of aromatic amines is 1. The van der Waals surface area contributed by atoms with Gasteiger partial charge in [0.15, 0.2) is 0 Å². The maximum Gasteiger partial charge on any atom is 0.494 e. The van der Waals surface area contributed by atoms with E-state index in [9.17, 15) is 9.59 Å². The zero-order chi connectivity index (χ0) is 33.9. The third-order valence-electron chi connectivity index (χ3n) is 11.5. The zero-order valence-electron chi connectivity index (χ0n) is 28.9. The van der Waals surface area contributed by atoms with E-state index in [1.165, 1.54) is 7.11 Å². The fraction of sp³-hybridized carbons (Fsp3) is 0.486. The molecule has 0 radical (unpaired) electrons. The number of hydrogen-bond acceptors (Lipinski definition) is 7. The van der Waals surface area contributed by atoms with Gasteiger partial charge in [-0.1, -0.05) is 45.0 Å². The van der Waals surface area contributed by atoms with E-state index in [0.717, 1.165) is 68.4 Å². The number of benzene rings is 3. The van der Waals surface area contributed by atoms with E-state index in [1.807, 2.05) is 18.7 Å². The summed E-state index contributed by atoms with van der Waals surface area (Å²) in [4.78, 5) is 36.8. The predicted molar refractivity (Wildman–Crippen MR) is 184 cm³/mol. The molecule has 250 valence electrons. The van der Waals surface area contributed by atoms with Crippen LogP contribution in [-0.4, -0.2) is 64.4 Å². The van der Waals surface area contributed by atoms with Crippen LogP contribution in [0.3, 0.4) is 0 Å². The van der Waals surface area contributed by atoms with E-state index in [-0.39, 0.29) is 29.3 Å². The number of aromatic nitrogens is 2. The highest BCUT2D eigenvalue weighted by Gasteiger charge is 2.64. The van der Waals surface area contributed by atoms with E-state index < -0.39 is 30.5 Å². The molecule has 1 aromatic heterocycles. The monoisotopic (exact) mass is 650 g/mol. The maximum absolute atomic E-state index is 14.0. The predicted octanol–water partition coefficient (Wildman–Crippen LogP) is 6.01. The Kier molecular flexibility index (Phi) is 6.80. The highest BCUT2D eigenvalue weighted by Crippen LogP contribution is 2.63. The first kappa shape index (κ1) is 31.2. The van der Waals surface area contributed by atoms with Crippen molar-refractivity contribution in [3.8, 4) is 16.9 Å². The molecular weight excluding hydrogens is 607 g/mol. The second-order valence-corrected chi connectivity index (χ2v) is 15.6. The number of piperidine rings is 1. The van der Waals surface area contributed by atoms with Gasteiger partial charge < -0.3 is 34.0 Å². The molecule has 4 heterocycles. The van der Waals surface area contributed by atoms with Crippen molar-refractivity contribution < 1.29 is 28.4 Å². The fourth-order valence-corrected chi connectivity index (χ4v) is 7.80. The second kappa shape index (κ2) is 10.5. The van der Waals surface area contributed by atoms with E-state index in [4.69, 9.17) is 23.8 Å². The Balaban J connectivity index is 1.12. The molecule has 2 amide bonds. The van der Waals surface area contributed by atoms with Crippen LogP contribution in [0.1, 0.15) is 78.7 Å². The van der Waals surface area contributed by atoms with Crippen LogP contribution in [0, 0.1) is 11.3 Å². The molecule has 4 aliphatic rings. The zero-order valence-corrected chi connectivity index (χ0v) is 28.9. The van der Waals surface area contributed by atoms with Crippen LogP contribution in [0.15, 0.2) is 42.5 Å². The van der Waals surface area contributed by atoms with Crippen LogP contribution in [0.25, 0.3) is 32.9 Å². The third-order valence-corrected chi connectivity index (χ3v) is 11.5. The summed E-state index contributed by atoms with van der Waals surface area (Å²) in [5.74, 6) is 1.38. The van der Waals surface area contributed by atoms with Gasteiger partial charge in [-0.15, -0.1) is 0 Å². The molecule has 4 aromatic rings. The van der Waals surface area contributed by atoms with E-state index in [1.54, 1.807) is 0 Å².